The first-order valence-electron chi connectivity index (χ1n) is 2.05. The predicted molar refractivity (Wildman–Crippen MR) is 30.2 cm³/mol. The second-order valence-electron chi connectivity index (χ2n) is 0.960. The van der Waals surface area contributed by atoms with Crippen LogP contribution in [-0.2, 0) is 0 Å². The van der Waals surface area contributed by atoms with Crippen LogP contribution in [0.3, 0.4) is 0 Å². The summed E-state index contributed by atoms with van der Waals surface area (Å²) in [4.78, 5) is 0. The molecule has 0 heterocycles. The Kier molecular flexibility index (Phi) is 4.33. The Hall–Kier alpha value is -0.970. The zero-order valence-corrected chi connectivity index (χ0v) is 4.28. The summed E-state index contributed by atoms with van der Waals surface area (Å²) in [5.74, 6) is 2.68. The lowest BCUT2D eigenvalue weighted by molar-refractivity contribution is 1.15. The van der Waals surface area contributed by atoms with E-state index in [9.17, 15) is 0 Å². The topological polar surface area (TPSA) is 35.9 Å². The van der Waals surface area contributed by atoms with E-state index in [1.54, 1.807) is 7.05 Å². The first-order chi connectivity index (χ1) is 3.41. The average molecular weight is 96.1 g/mol. The molecule has 0 amide bonds. The molecule has 2 heteroatoms. The summed E-state index contributed by atoms with van der Waals surface area (Å²) >= 11 is 0. The fourth-order valence-corrected chi connectivity index (χ4v) is 0.190. The summed E-state index contributed by atoms with van der Waals surface area (Å²) in [5, 5.41) is 9.16. The summed E-state index contributed by atoms with van der Waals surface area (Å²) in [6.07, 6.45) is 1.81. The van der Waals surface area contributed by atoms with Crippen molar-refractivity contribution in [1.82, 2.24) is 5.32 Å². The fourth-order valence-electron chi connectivity index (χ4n) is 0.190. The average Bonchev–Trinajstić information content (AvgIpc) is 1.69. The first kappa shape index (κ1) is 6.03. The number of hydrogen-bond donors (Lipinski definition) is 2. The molecule has 0 spiro atoms. The molecule has 2 N–H and O–H groups in total. The third-order valence-corrected chi connectivity index (χ3v) is 0.418. The highest BCUT2D eigenvalue weighted by Gasteiger charge is 1.60. The zero-order valence-electron chi connectivity index (χ0n) is 4.28. The van der Waals surface area contributed by atoms with Gasteiger partial charge in [-0.1, -0.05) is 5.92 Å². The largest absolute Gasteiger partial charge is 0.349 e. The van der Waals surface area contributed by atoms with Crippen molar-refractivity contribution in [3.63, 3.8) is 0 Å². The van der Waals surface area contributed by atoms with E-state index in [-0.39, 0.29) is 0 Å². The van der Waals surface area contributed by atoms with Crippen molar-refractivity contribution >= 4 is 6.21 Å². The number of hydrogen-bond acceptors (Lipinski definition) is 2. The molecule has 38 valence electrons. The number of nitrogens with one attached hydrogen (secondary N) is 2. The monoisotopic (exact) mass is 96.1 g/mol. The third kappa shape index (κ3) is 5.03. The van der Waals surface area contributed by atoms with Gasteiger partial charge in [0.15, 0.2) is 0 Å². The van der Waals surface area contributed by atoms with Crippen LogP contribution in [0.1, 0.15) is 6.42 Å². The van der Waals surface area contributed by atoms with Crippen LogP contribution >= 0.6 is 0 Å². The Labute approximate surface area is 43.4 Å². The predicted octanol–water partition coefficient (Wildman–Crippen LogP) is 0.206. The maximum absolute atomic E-state index is 6.53. The van der Waals surface area contributed by atoms with Gasteiger partial charge in [-0.25, -0.2) is 0 Å². The van der Waals surface area contributed by atoms with Crippen molar-refractivity contribution in [2.75, 3.05) is 7.05 Å². The summed E-state index contributed by atoms with van der Waals surface area (Å²) in [6, 6.07) is 2.60. The molecule has 0 aliphatic carbocycles. The SMILES string of the molecule is CNC#CCC=N. The molecular formula is C5H8N2. The van der Waals surface area contributed by atoms with Crippen molar-refractivity contribution in [3.8, 4) is 12.0 Å². The molecule has 0 aromatic carbocycles. The van der Waals surface area contributed by atoms with Gasteiger partial charge in [-0.15, -0.1) is 0 Å². The standard InChI is InChI=1S/C5H8N2/c1-7-5-3-2-4-6/h4,6-7H,2H2,1H3. The lowest BCUT2D eigenvalue weighted by Crippen LogP contribution is -1.91. The van der Waals surface area contributed by atoms with Gasteiger partial charge in [0.05, 0.1) is 0 Å². The van der Waals surface area contributed by atoms with Crippen molar-refractivity contribution in [1.29, 1.82) is 5.41 Å². The van der Waals surface area contributed by atoms with Crippen LogP contribution in [0.25, 0.3) is 0 Å². The molecule has 0 rings (SSSR count). The molecule has 0 bridgehead atoms. The molecular weight excluding hydrogens is 88.1 g/mol. The van der Waals surface area contributed by atoms with Gasteiger partial charge in [0.25, 0.3) is 0 Å². The Morgan fingerprint density at radius 3 is 3.00 bits per heavy atom. The fraction of sp³-hybridized carbons (Fsp3) is 0.400. The maximum Gasteiger partial charge on any atom is 0.0455 e. The Bertz CT molecular complexity index is 96.4. The lowest BCUT2D eigenvalue weighted by Gasteiger charge is -1.72. The van der Waals surface area contributed by atoms with Crippen LogP contribution < -0.4 is 5.32 Å². The highest BCUT2D eigenvalue weighted by atomic mass is 14.8. The smallest absolute Gasteiger partial charge is 0.0455 e. The maximum atomic E-state index is 6.53. The van der Waals surface area contributed by atoms with Gasteiger partial charge in [-0.3, -0.25) is 0 Å². The quantitative estimate of drug-likeness (QED) is 0.273. The molecule has 0 atom stereocenters. The first-order valence-corrected chi connectivity index (χ1v) is 2.05. The number of rotatable bonds is 1. The molecule has 0 radical (unpaired) electrons. The van der Waals surface area contributed by atoms with Gasteiger partial charge in [-0.05, 0) is 0 Å². The van der Waals surface area contributed by atoms with Crippen LogP contribution in [0.4, 0.5) is 0 Å². The van der Waals surface area contributed by atoms with Gasteiger partial charge >= 0.3 is 0 Å². The second kappa shape index (κ2) is 5.03. The molecule has 0 aliphatic heterocycles. The molecule has 2 nitrogen and oxygen atoms in total. The highest BCUT2D eigenvalue weighted by Crippen LogP contribution is 1.59. The van der Waals surface area contributed by atoms with E-state index >= 15 is 0 Å². The summed E-state index contributed by atoms with van der Waals surface area (Å²) in [6.45, 7) is 0. The summed E-state index contributed by atoms with van der Waals surface area (Å²) in [7, 11) is 1.75. The second-order valence-corrected chi connectivity index (χ2v) is 0.960. The molecule has 0 saturated carbocycles. The van der Waals surface area contributed by atoms with Gasteiger partial charge in [0, 0.05) is 25.7 Å². The minimum absolute atomic E-state index is 0.542. The molecule has 0 aromatic heterocycles. The van der Waals surface area contributed by atoms with Gasteiger partial charge in [0.1, 0.15) is 0 Å². The third-order valence-electron chi connectivity index (χ3n) is 0.418. The normalized spacial score (nSPS) is 5.86. The molecule has 0 fully saturated rings. The van der Waals surface area contributed by atoms with E-state index < -0.39 is 0 Å². The summed E-state index contributed by atoms with van der Waals surface area (Å²) in [5.41, 5.74) is 0. The minimum Gasteiger partial charge on any atom is -0.349 e. The Balaban J connectivity index is 3.06. The van der Waals surface area contributed by atoms with Crippen LogP contribution in [0.2, 0.25) is 0 Å². The van der Waals surface area contributed by atoms with E-state index in [0.29, 0.717) is 6.42 Å². The molecule has 0 saturated heterocycles. The highest BCUT2D eigenvalue weighted by molar-refractivity contribution is 5.56. The van der Waals surface area contributed by atoms with Crippen molar-refractivity contribution in [2.24, 2.45) is 0 Å². The van der Waals surface area contributed by atoms with Crippen molar-refractivity contribution < 1.29 is 0 Å². The van der Waals surface area contributed by atoms with E-state index in [0.717, 1.165) is 0 Å². The molecule has 0 unspecified atom stereocenters. The Morgan fingerprint density at radius 2 is 2.57 bits per heavy atom. The molecule has 7 heavy (non-hydrogen) atoms. The van der Waals surface area contributed by atoms with Crippen molar-refractivity contribution in [3.05, 3.63) is 0 Å². The van der Waals surface area contributed by atoms with Gasteiger partial charge in [-0.2, -0.15) is 0 Å². The van der Waals surface area contributed by atoms with Gasteiger partial charge in [0.2, 0.25) is 0 Å². The van der Waals surface area contributed by atoms with Crippen LogP contribution in [0.5, 0.6) is 0 Å². The van der Waals surface area contributed by atoms with E-state index in [1.165, 1.54) is 6.21 Å². The zero-order chi connectivity index (χ0) is 5.54. The van der Waals surface area contributed by atoms with E-state index in [4.69, 9.17) is 5.41 Å². The van der Waals surface area contributed by atoms with Crippen LogP contribution in [0.15, 0.2) is 0 Å². The Morgan fingerprint density at radius 1 is 1.86 bits per heavy atom. The lowest BCUT2D eigenvalue weighted by atomic mass is 10.5. The van der Waals surface area contributed by atoms with Crippen LogP contribution in [-0.4, -0.2) is 13.3 Å². The van der Waals surface area contributed by atoms with Gasteiger partial charge < -0.3 is 10.7 Å². The van der Waals surface area contributed by atoms with Crippen molar-refractivity contribution in [2.45, 2.75) is 6.42 Å². The van der Waals surface area contributed by atoms with E-state index in [2.05, 4.69) is 17.3 Å². The summed E-state index contributed by atoms with van der Waals surface area (Å²) < 4.78 is 0. The van der Waals surface area contributed by atoms with Crippen LogP contribution in [0, 0.1) is 17.4 Å². The minimum atomic E-state index is 0.542. The molecule has 0 aliphatic rings. The van der Waals surface area contributed by atoms with E-state index in [1.807, 2.05) is 0 Å². The molecule has 0 aromatic rings.